The first-order valence-electron chi connectivity index (χ1n) is 10.0. The van der Waals surface area contributed by atoms with Crippen LogP contribution in [-0.4, -0.2) is 46.2 Å². The molecule has 0 spiro atoms. The summed E-state index contributed by atoms with van der Waals surface area (Å²) in [7, 11) is 0. The molecule has 2 aromatic carbocycles. The number of anilines is 1. The zero-order chi connectivity index (χ0) is 23.4. The molecular formula is C24H18ClN3O5. The average molecular weight is 464 g/mol. The predicted octanol–water partition coefficient (Wildman–Crippen LogP) is 3.12. The van der Waals surface area contributed by atoms with Crippen molar-refractivity contribution in [3.05, 3.63) is 94.8 Å². The number of nitrogens with zero attached hydrogens (tertiary/aromatic N) is 2. The summed E-state index contributed by atoms with van der Waals surface area (Å²) in [5.74, 6) is -2.68. The van der Waals surface area contributed by atoms with Gasteiger partial charge in [0.2, 0.25) is 0 Å². The zero-order valence-corrected chi connectivity index (χ0v) is 18.0. The largest absolute Gasteiger partial charge is 0.454 e. The van der Waals surface area contributed by atoms with Crippen molar-refractivity contribution in [2.75, 3.05) is 11.9 Å². The first kappa shape index (κ1) is 22.2. The smallest absolute Gasteiger partial charge is 0.330 e. The van der Waals surface area contributed by atoms with Gasteiger partial charge in [-0.25, -0.2) is 9.78 Å². The number of fused-ring (bicyclic) bond motifs is 1. The maximum atomic E-state index is 13.0. The number of carbonyl (C=O) groups is 4. The van der Waals surface area contributed by atoms with Crippen LogP contribution >= 0.6 is 11.6 Å². The predicted molar refractivity (Wildman–Crippen MR) is 120 cm³/mol. The number of rotatable bonds is 7. The van der Waals surface area contributed by atoms with Crippen LogP contribution in [0.15, 0.2) is 72.9 Å². The third-order valence-electron chi connectivity index (χ3n) is 5.06. The second-order valence-corrected chi connectivity index (χ2v) is 7.59. The van der Waals surface area contributed by atoms with E-state index in [0.717, 1.165) is 10.5 Å². The molecule has 2 heterocycles. The molecule has 9 heteroatoms. The van der Waals surface area contributed by atoms with E-state index in [1.54, 1.807) is 48.5 Å². The number of imide groups is 1. The molecule has 33 heavy (non-hydrogen) atoms. The van der Waals surface area contributed by atoms with Gasteiger partial charge in [-0.15, -0.1) is 0 Å². The van der Waals surface area contributed by atoms with E-state index in [4.69, 9.17) is 16.3 Å². The maximum Gasteiger partial charge on any atom is 0.330 e. The minimum Gasteiger partial charge on any atom is -0.454 e. The molecule has 3 amide bonds. The topological polar surface area (TPSA) is 106 Å². The lowest BCUT2D eigenvalue weighted by Crippen LogP contribution is -2.47. The van der Waals surface area contributed by atoms with E-state index in [-0.39, 0.29) is 28.4 Å². The van der Waals surface area contributed by atoms with Gasteiger partial charge in [0.25, 0.3) is 17.7 Å². The molecule has 1 aromatic heterocycles. The molecule has 0 bridgehead atoms. The Hall–Kier alpha value is -4.04. The van der Waals surface area contributed by atoms with Gasteiger partial charge in [-0.3, -0.25) is 19.3 Å². The second kappa shape index (κ2) is 9.62. The lowest BCUT2D eigenvalue weighted by atomic mass is 10.0. The van der Waals surface area contributed by atoms with Gasteiger partial charge in [0.05, 0.1) is 16.8 Å². The summed E-state index contributed by atoms with van der Waals surface area (Å²) in [6.07, 6.45) is 1.51. The molecule has 0 fully saturated rings. The van der Waals surface area contributed by atoms with Gasteiger partial charge in [0.15, 0.2) is 11.8 Å². The van der Waals surface area contributed by atoms with Crippen LogP contribution in [0.25, 0.3) is 0 Å². The van der Waals surface area contributed by atoms with Crippen LogP contribution in [0.1, 0.15) is 26.3 Å². The van der Waals surface area contributed by atoms with Crippen LogP contribution in [0.5, 0.6) is 0 Å². The zero-order valence-electron chi connectivity index (χ0n) is 17.2. The van der Waals surface area contributed by atoms with Crippen LogP contribution in [0.4, 0.5) is 5.69 Å². The Morgan fingerprint density at radius 2 is 1.58 bits per heavy atom. The third kappa shape index (κ3) is 4.75. The van der Waals surface area contributed by atoms with Crippen LogP contribution in [0.2, 0.25) is 5.15 Å². The first-order chi connectivity index (χ1) is 16.0. The Morgan fingerprint density at radius 1 is 0.939 bits per heavy atom. The number of amides is 3. The lowest BCUT2D eigenvalue weighted by molar-refractivity contribution is -0.151. The van der Waals surface area contributed by atoms with Gasteiger partial charge in [-0.2, -0.15) is 0 Å². The molecule has 0 aliphatic carbocycles. The fraction of sp³-hybridized carbons (Fsp3) is 0.125. The van der Waals surface area contributed by atoms with Gasteiger partial charge in [0, 0.05) is 12.6 Å². The third-order valence-corrected chi connectivity index (χ3v) is 5.36. The Morgan fingerprint density at radius 3 is 2.21 bits per heavy atom. The molecule has 0 radical (unpaired) electrons. The fourth-order valence-corrected chi connectivity index (χ4v) is 3.67. The summed E-state index contributed by atoms with van der Waals surface area (Å²) in [5, 5.41) is 2.59. The van der Waals surface area contributed by atoms with Gasteiger partial charge in [0.1, 0.15) is 6.04 Å². The van der Waals surface area contributed by atoms with Crippen molar-refractivity contribution in [2.24, 2.45) is 0 Å². The average Bonchev–Trinajstić information content (AvgIpc) is 3.08. The van der Waals surface area contributed by atoms with Crippen LogP contribution in [-0.2, 0) is 20.7 Å². The summed E-state index contributed by atoms with van der Waals surface area (Å²) in [6.45, 7) is -0.626. The highest BCUT2D eigenvalue weighted by Gasteiger charge is 2.43. The van der Waals surface area contributed by atoms with Crippen molar-refractivity contribution in [1.82, 2.24) is 9.88 Å². The molecule has 0 unspecified atom stereocenters. The van der Waals surface area contributed by atoms with Crippen molar-refractivity contribution in [3.8, 4) is 0 Å². The Kier molecular flexibility index (Phi) is 6.46. The van der Waals surface area contributed by atoms with E-state index >= 15 is 0 Å². The molecule has 4 rings (SSSR count). The SMILES string of the molecule is O=C(COC(=O)[C@@H](Cc1ccccc1)N1C(=O)c2ccccc2C1=O)Nc1cccnc1Cl. The Labute approximate surface area is 194 Å². The Bertz CT molecular complexity index is 1200. The number of hydrogen-bond donors (Lipinski definition) is 1. The quantitative estimate of drug-likeness (QED) is 0.328. The highest BCUT2D eigenvalue weighted by molar-refractivity contribution is 6.32. The fourth-order valence-electron chi connectivity index (χ4n) is 3.51. The molecule has 8 nitrogen and oxygen atoms in total. The number of benzene rings is 2. The first-order valence-corrected chi connectivity index (χ1v) is 10.4. The van der Waals surface area contributed by atoms with E-state index in [1.807, 2.05) is 6.07 Å². The molecule has 3 aromatic rings. The maximum absolute atomic E-state index is 13.0. The Balaban J connectivity index is 1.52. The van der Waals surface area contributed by atoms with Crippen molar-refractivity contribution < 1.29 is 23.9 Å². The van der Waals surface area contributed by atoms with Crippen LogP contribution in [0, 0.1) is 0 Å². The summed E-state index contributed by atoms with van der Waals surface area (Å²) in [5.41, 5.74) is 1.43. The standard InChI is InChI=1S/C24H18ClN3O5/c25-21-18(11-6-12-26-21)27-20(29)14-33-24(32)19(13-15-7-2-1-3-8-15)28-22(30)16-9-4-5-10-17(16)23(28)31/h1-12,19H,13-14H2,(H,27,29)/t19-/m1/s1. The van der Waals surface area contributed by atoms with Gasteiger partial charge in [-0.1, -0.05) is 54.1 Å². The summed E-state index contributed by atoms with van der Waals surface area (Å²) < 4.78 is 5.20. The van der Waals surface area contributed by atoms with Crippen LogP contribution in [0.3, 0.4) is 0 Å². The lowest BCUT2D eigenvalue weighted by Gasteiger charge is -2.24. The van der Waals surface area contributed by atoms with E-state index in [2.05, 4.69) is 10.3 Å². The van der Waals surface area contributed by atoms with Gasteiger partial charge >= 0.3 is 5.97 Å². The second-order valence-electron chi connectivity index (χ2n) is 7.23. The van der Waals surface area contributed by atoms with E-state index in [9.17, 15) is 19.2 Å². The number of nitrogens with one attached hydrogen (secondary N) is 1. The molecular weight excluding hydrogens is 446 g/mol. The number of halogens is 1. The highest BCUT2D eigenvalue weighted by atomic mass is 35.5. The van der Waals surface area contributed by atoms with Crippen molar-refractivity contribution in [2.45, 2.75) is 12.5 Å². The number of hydrogen-bond acceptors (Lipinski definition) is 6. The van der Waals surface area contributed by atoms with Crippen molar-refractivity contribution in [3.63, 3.8) is 0 Å². The summed E-state index contributed by atoms with van der Waals surface area (Å²) in [6, 6.07) is 17.2. The van der Waals surface area contributed by atoms with E-state index in [1.165, 1.54) is 18.3 Å². The van der Waals surface area contributed by atoms with E-state index in [0.29, 0.717) is 0 Å². The monoisotopic (exact) mass is 463 g/mol. The highest BCUT2D eigenvalue weighted by Crippen LogP contribution is 2.26. The van der Waals surface area contributed by atoms with Gasteiger partial charge < -0.3 is 10.1 Å². The molecule has 1 aliphatic rings. The number of esters is 1. The van der Waals surface area contributed by atoms with Gasteiger partial charge in [-0.05, 0) is 29.8 Å². The minimum absolute atomic E-state index is 0.0429. The number of ether oxygens (including phenoxy) is 1. The molecule has 0 saturated carbocycles. The number of aromatic nitrogens is 1. The van der Waals surface area contributed by atoms with Crippen LogP contribution < -0.4 is 5.32 Å². The number of carbonyl (C=O) groups excluding carboxylic acids is 4. The number of pyridine rings is 1. The van der Waals surface area contributed by atoms with Crippen molar-refractivity contribution >= 4 is 41.0 Å². The van der Waals surface area contributed by atoms with Crippen molar-refractivity contribution in [1.29, 1.82) is 0 Å². The molecule has 1 N–H and O–H groups in total. The molecule has 1 atom stereocenters. The normalized spacial score (nSPS) is 13.4. The molecule has 0 saturated heterocycles. The van der Waals surface area contributed by atoms with E-state index < -0.39 is 36.3 Å². The minimum atomic E-state index is -1.24. The summed E-state index contributed by atoms with van der Waals surface area (Å²) in [4.78, 5) is 55.9. The molecule has 166 valence electrons. The summed E-state index contributed by atoms with van der Waals surface area (Å²) >= 11 is 5.92. The molecule has 1 aliphatic heterocycles.